The van der Waals surface area contributed by atoms with Gasteiger partial charge in [-0.15, -0.1) is 0 Å². The fourth-order valence-corrected chi connectivity index (χ4v) is 3.99. The molecule has 0 radical (unpaired) electrons. The summed E-state index contributed by atoms with van der Waals surface area (Å²) in [5.74, 6) is 2.77. The third-order valence-electron chi connectivity index (χ3n) is 5.53. The van der Waals surface area contributed by atoms with Crippen LogP contribution in [-0.2, 0) is 0 Å². The van der Waals surface area contributed by atoms with E-state index in [1.165, 1.54) is 0 Å². The van der Waals surface area contributed by atoms with E-state index >= 15 is 0 Å². The second-order valence-electron chi connectivity index (χ2n) is 8.32. The second kappa shape index (κ2) is 11.0. The predicted molar refractivity (Wildman–Crippen MR) is 127 cm³/mol. The predicted octanol–water partition coefficient (Wildman–Crippen LogP) is 3.80. The van der Waals surface area contributed by atoms with Crippen LogP contribution >= 0.6 is 0 Å². The van der Waals surface area contributed by atoms with Crippen LogP contribution < -0.4 is 25.0 Å². The SMILES string of the molecule is CCOc1cc(OCC)cc(C(=O)N[C@H]2CC[C@@H](Nc3ncc(C)c(N(C)C)n3)CC2)c1. The van der Waals surface area contributed by atoms with Gasteiger partial charge < -0.3 is 25.0 Å². The lowest BCUT2D eigenvalue weighted by Gasteiger charge is -2.30. The molecule has 0 atom stereocenters. The van der Waals surface area contributed by atoms with E-state index in [-0.39, 0.29) is 11.9 Å². The van der Waals surface area contributed by atoms with Crippen molar-refractivity contribution in [3.05, 3.63) is 35.5 Å². The van der Waals surface area contributed by atoms with Crippen molar-refractivity contribution in [2.24, 2.45) is 0 Å². The first-order valence-electron chi connectivity index (χ1n) is 11.4. The molecule has 1 heterocycles. The fourth-order valence-electron chi connectivity index (χ4n) is 3.99. The molecule has 32 heavy (non-hydrogen) atoms. The topological polar surface area (TPSA) is 88.6 Å². The number of anilines is 2. The van der Waals surface area contributed by atoms with Crippen LogP contribution in [0, 0.1) is 6.92 Å². The molecule has 8 nitrogen and oxygen atoms in total. The molecular formula is C24H35N5O3. The summed E-state index contributed by atoms with van der Waals surface area (Å²) in [6.07, 6.45) is 5.55. The van der Waals surface area contributed by atoms with Crippen LogP contribution in [0.2, 0.25) is 0 Å². The van der Waals surface area contributed by atoms with Crippen molar-refractivity contribution < 1.29 is 14.3 Å². The highest BCUT2D eigenvalue weighted by atomic mass is 16.5. The van der Waals surface area contributed by atoms with E-state index in [4.69, 9.17) is 9.47 Å². The first-order chi connectivity index (χ1) is 15.4. The summed E-state index contributed by atoms with van der Waals surface area (Å²) in [6, 6.07) is 5.79. The maximum Gasteiger partial charge on any atom is 0.251 e. The third-order valence-corrected chi connectivity index (χ3v) is 5.53. The van der Waals surface area contributed by atoms with E-state index in [9.17, 15) is 4.79 Å². The van der Waals surface area contributed by atoms with Gasteiger partial charge in [-0.25, -0.2) is 4.98 Å². The molecule has 0 aliphatic heterocycles. The number of hydrogen-bond acceptors (Lipinski definition) is 7. The number of amides is 1. The first-order valence-corrected chi connectivity index (χ1v) is 11.4. The lowest BCUT2D eigenvalue weighted by molar-refractivity contribution is 0.0925. The largest absolute Gasteiger partial charge is 0.494 e. The van der Waals surface area contributed by atoms with E-state index in [1.807, 2.05) is 52.0 Å². The number of aromatic nitrogens is 2. The number of nitrogens with zero attached hydrogens (tertiary/aromatic N) is 3. The van der Waals surface area contributed by atoms with Crippen molar-refractivity contribution in [1.82, 2.24) is 15.3 Å². The second-order valence-corrected chi connectivity index (χ2v) is 8.32. The highest BCUT2D eigenvalue weighted by Crippen LogP contribution is 2.25. The molecule has 1 aliphatic rings. The zero-order valence-corrected chi connectivity index (χ0v) is 19.8. The van der Waals surface area contributed by atoms with Crippen molar-refractivity contribution in [1.29, 1.82) is 0 Å². The van der Waals surface area contributed by atoms with E-state index in [1.54, 1.807) is 12.1 Å². The number of hydrogen-bond donors (Lipinski definition) is 2. The number of ether oxygens (including phenoxy) is 2. The van der Waals surface area contributed by atoms with E-state index in [0.717, 1.165) is 37.1 Å². The van der Waals surface area contributed by atoms with Gasteiger partial charge in [0.2, 0.25) is 5.95 Å². The van der Waals surface area contributed by atoms with Gasteiger partial charge in [0, 0.05) is 49.6 Å². The number of rotatable bonds is 9. The summed E-state index contributed by atoms with van der Waals surface area (Å²) < 4.78 is 11.2. The number of carbonyl (C=O) groups is 1. The van der Waals surface area contributed by atoms with E-state index in [0.29, 0.717) is 42.3 Å². The molecule has 0 spiro atoms. The number of carbonyl (C=O) groups excluding carboxylic acids is 1. The summed E-state index contributed by atoms with van der Waals surface area (Å²) in [6.45, 7) is 6.92. The van der Waals surface area contributed by atoms with Gasteiger partial charge in [0.25, 0.3) is 5.91 Å². The number of aryl methyl sites for hydroxylation is 1. The Hall–Kier alpha value is -3.03. The summed E-state index contributed by atoms with van der Waals surface area (Å²) in [5.41, 5.74) is 1.61. The van der Waals surface area contributed by atoms with Gasteiger partial charge in [-0.1, -0.05) is 0 Å². The minimum atomic E-state index is -0.0959. The molecular weight excluding hydrogens is 406 g/mol. The Morgan fingerprint density at radius 2 is 1.62 bits per heavy atom. The zero-order chi connectivity index (χ0) is 23.1. The van der Waals surface area contributed by atoms with Crippen molar-refractivity contribution in [2.75, 3.05) is 37.5 Å². The van der Waals surface area contributed by atoms with Gasteiger partial charge in [-0.2, -0.15) is 4.98 Å². The Kier molecular flexibility index (Phi) is 8.14. The molecule has 174 valence electrons. The highest BCUT2D eigenvalue weighted by Gasteiger charge is 2.24. The Balaban J connectivity index is 1.56. The molecule has 0 unspecified atom stereocenters. The van der Waals surface area contributed by atoms with Crippen molar-refractivity contribution in [2.45, 2.75) is 58.5 Å². The molecule has 1 amide bonds. The van der Waals surface area contributed by atoms with Gasteiger partial charge >= 0.3 is 0 Å². The number of nitrogens with one attached hydrogen (secondary N) is 2. The van der Waals surface area contributed by atoms with Crippen LogP contribution in [0.4, 0.5) is 11.8 Å². The Labute approximate surface area is 190 Å². The summed E-state index contributed by atoms with van der Waals surface area (Å²) in [4.78, 5) is 23.9. The monoisotopic (exact) mass is 441 g/mol. The molecule has 1 saturated carbocycles. The standard InChI is InChI=1S/C24H35N5O3/c1-6-31-20-12-17(13-21(14-20)32-7-2)23(30)26-18-8-10-19(11-9-18)27-24-25-15-16(3)22(28-24)29(4)5/h12-15,18-19H,6-11H2,1-5H3,(H,26,30)(H,25,27,28)/t18-,19+. The normalized spacial score (nSPS) is 18.0. The molecule has 1 aromatic carbocycles. The van der Waals surface area contributed by atoms with Crippen LogP contribution in [-0.4, -0.2) is 55.3 Å². The van der Waals surface area contributed by atoms with E-state index in [2.05, 4.69) is 20.6 Å². The molecule has 2 aromatic rings. The van der Waals surface area contributed by atoms with Crippen LogP contribution in [0.1, 0.15) is 55.5 Å². The molecule has 1 aliphatic carbocycles. The van der Waals surface area contributed by atoms with Gasteiger partial charge in [0.05, 0.1) is 13.2 Å². The summed E-state index contributed by atoms with van der Waals surface area (Å²) in [5, 5.41) is 6.63. The Morgan fingerprint density at radius 1 is 1.03 bits per heavy atom. The zero-order valence-electron chi connectivity index (χ0n) is 19.8. The van der Waals surface area contributed by atoms with Gasteiger partial charge in [0.15, 0.2) is 0 Å². The van der Waals surface area contributed by atoms with Crippen molar-refractivity contribution >= 4 is 17.7 Å². The molecule has 3 rings (SSSR count). The quantitative estimate of drug-likeness (QED) is 0.612. The average Bonchev–Trinajstić information content (AvgIpc) is 2.76. The molecule has 1 fully saturated rings. The van der Waals surface area contributed by atoms with E-state index < -0.39 is 0 Å². The van der Waals surface area contributed by atoms with Gasteiger partial charge in [0.1, 0.15) is 17.3 Å². The summed E-state index contributed by atoms with van der Waals surface area (Å²) >= 11 is 0. The molecule has 0 bridgehead atoms. The average molecular weight is 442 g/mol. The van der Waals surface area contributed by atoms with Crippen molar-refractivity contribution in [3.63, 3.8) is 0 Å². The molecule has 2 N–H and O–H groups in total. The van der Waals surface area contributed by atoms with Gasteiger partial charge in [-0.3, -0.25) is 4.79 Å². The first kappa shape index (κ1) is 23.6. The minimum Gasteiger partial charge on any atom is -0.494 e. The number of benzene rings is 1. The lowest BCUT2D eigenvalue weighted by Crippen LogP contribution is -2.40. The third kappa shape index (κ3) is 6.24. The molecule has 0 saturated heterocycles. The molecule has 8 heteroatoms. The molecule has 1 aromatic heterocycles. The van der Waals surface area contributed by atoms with Crippen LogP contribution in [0.15, 0.2) is 24.4 Å². The summed E-state index contributed by atoms with van der Waals surface area (Å²) in [7, 11) is 3.96. The minimum absolute atomic E-state index is 0.0959. The van der Waals surface area contributed by atoms with Crippen LogP contribution in [0.5, 0.6) is 11.5 Å². The van der Waals surface area contributed by atoms with Crippen molar-refractivity contribution in [3.8, 4) is 11.5 Å². The smallest absolute Gasteiger partial charge is 0.251 e. The maximum atomic E-state index is 12.9. The maximum absolute atomic E-state index is 12.9. The van der Waals surface area contributed by atoms with Crippen LogP contribution in [0.3, 0.4) is 0 Å². The lowest BCUT2D eigenvalue weighted by atomic mass is 9.91. The van der Waals surface area contributed by atoms with Gasteiger partial charge in [-0.05, 0) is 58.6 Å². The highest BCUT2D eigenvalue weighted by molar-refractivity contribution is 5.95. The Bertz CT molecular complexity index is 886. The fraction of sp³-hybridized carbons (Fsp3) is 0.542. The van der Waals surface area contributed by atoms with Crippen LogP contribution in [0.25, 0.3) is 0 Å². The Morgan fingerprint density at radius 3 is 2.19 bits per heavy atom.